The smallest absolute Gasteiger partial charge is 0.237 e. The van der Waals surface area contributed by atoms with Crippen LogP contribution < -0.4 is 10.6 Å². The highest BCUT2D eigenvalue weighted by atomic mass is 35.5. The SMILES string of the molecule is Cc1ccc(SCC(=O)N2CCCc3c(N)cccc32)cc1.Cl. The lowest BCUT2D eigenvalue weighted by Crippen LogP contribution is -2.36. The zero-order valence-corrected chi connectivity index (χ0v) is 14.8. The summed E-state index contributed by atoms with van der Waals surface area (Å²) in [7, 11) is 0. The molecular weight excluding hydrogens is 328 g/mol. The largest absolute Gasteiger partial charge is 0.398 e. The van der Waals surface area contributed by atoms with E-state index < -0.39 is 0 Å². The molecular formula is C18H21ClN2OS. The van der Waals surface area contributed by atoms with Gasteiger partial charge in [-0.15, -0.1) is 24.2 Å². The van der Waals surface area contributed by atoms with Crippen LogP contribution in [0.25, 0.3) is 0 Å². The summed E-state index contributed by atoms with van der Waals surface area (Å²) in [6.45, 7) is 2.85. The van der Waals surface area contributed by atoms with E-state index in [1.165, 1.54) is 5.56 Å². The normalized spacial score (nSPS) is 13.2. The Labute approximate surface area is 147 Å². The molecule has 0 fully saturated rings. The van der Waals surface area contributed by atoms with E-state index in [0.29, 0.717) is 5.75 Å². The Balaban J connectivity index is 0.00000192. The third-order valence-corrected chi connectivity index (χ3v) is 4.97. The molecule has 23 heavy (non-hydrogen) atoms. The van der Waals surface area contributed by atoms with Gasteiger partial charge in [0.2, 0.25) is 5.91 Å². The average Bonchev–Trinajstić information content (AvgIpc) is 2.54. The maximum Gasteiger partial charge on any atom is 0.237 e. The molecule has 0 atom stereocenters. The Morgan fingerprint density at radius 2 is 1.96 bits per heavy atom. The molecule has 0 unspecified atom stereocenters. The number of carbonyl (C=O) groups is 1. The summed E-state index contributed by atoms with van der Waals surface area (Å²) in [4.78, 5) is 15.6. The van der Waals surface area contributed by atoms with Crippen LogP contribution in [0.5, 0.6) is 0 Å². The molecule has 2 aromatic carbocycles. The van der Waals surface area contributed by atoms with E-state index in [-0.39, 0.29) is 18.3 Å². The summed E-state index contributed by atoms with van der Waals surface area (Å²) in [6, 6.07) is 14.1. The van der Waals surface area contributed by atoms with Crippen molar-refractivity contribution in [3.63, 3.8) is 0 Å². The average molecular weight is 349 g/mol. The van der Waals surface area contributed by atoms with Crippen LogP contribution in [0.4, 0.5) is 11.4 Å². The number of fused-ring (bicyclic) bond motifs is 1. The number of nitrogen functional groups attached to an aromatic ring is 1. The molecule has 2 N–H and O–H groups in total. The van der Waals surface area contributed by atoms with E-state index in [1.807, 2.05) is 23.1 Å². The van der Waals surface area contributed by atoms with Crippen LogP contribution in [0.15, 0.2) is 47.4 Å². The number of carbonyl (C=O) groups excluding carboxylic acids is 1. The van der Waals surface area contributed by atoms with Gasteiger partial charge in [0, 0.05) is 22.8 Å². The highest BCUT2D eigenvalue weighted by Crippen LogP contribution is 2.32. The van der Waals surface area contributed by atoms with Crippen LogP contribution in [-0.4, -0.2) is 18.2 Å². The minimum Gasteiger partial charge on any atom is -0.398 e. The van der Waals surface area contributed by atoms with E-state index in [9.17, 15) is 4.79 Å². The van der Waals surface area contributed by atoms with Crippen LogP contribution in [-0.2, 0) is 11.2 Å². The van der Waals surface area contributed by atoms with E-state index >= 15 is 0 Å². The maximum atomic E-state index is 12.6. The number of nitrogens with zero attached hydrogens (tertiary/aromatic N) is 1. The van der Waals surface area contributed by atoms with E-state index in [1.54, 1.807) is 11.8 Å². The first kappa shape index (κ1) is 17.7. The molecule has 3 rings (SSSR count). The van der Waals surface area contributed by atoms with Crippen molar-refractivity contribution >= 4 is 41.5 Å². The molecule has 0 bridgehead atoms. The molecule has 1 heterocycles. The lowest BCUT2D eigenvalue weighted by atomic mass is 10.00. The van der Waals surface area contributed by atoms with Gasteiger partial charge in [-0.05, 0) is 49.6 Å². The predicted octanol–water partition coefficient (Wildman–Crippen LogP) is 4.07. The molecule has 2 aromatic rings. The van der Waals surface area contributed by atoms with Gasteiger partial charge in [-0.3, -0.25) is 4.79 Å². The summed E-state index contributed by atoms with van der Waals surface area (Å²) in [6.07, 6.45) is 1.93. The molecule has 3 nitrogen and oxygen atoms in total. The Bertz CT molecular complexity index is 688. The van der Waals surface area contributed by atoms with Crippen molar-refractivity contribution in [2.24, 2.45) is 0 Å². The van der Waals surface area contributed by atoms with Crippen molar-refractivity contribution < 1.29 is 4.79 Å². The van der Waals surface area contributed by atoms with Gasteiger partial charge in [0.15, 0.2) is 0 Å². The Hall–Kier alpha value is -1.65. The predicted molar refractivity (Wildman–Crippen MR) is 101 cm³/mol. The third kappa shape index (κ3) is 4.01. The Kier molecular flexibility index (Phi) is 5.97. The number of aryl methyl sites for hydroxylation is 1. The molecule has 122 valence electrons. The minimum atomic E-state index is 0. The molecule has 1 aliphatic rings. The van der Waals surface area contributed by atoms with E-state index in [0.717, 1.165) is 41.2 Å². The topological polar surface area (TPSA) is 46.3 Å². The standard InChI is InChI=1S/C18H20N2OS.ClH/c1-13-7-9-14(10-8-13)22-12-18(21)20-11-3-4-15-16(19)5-2-6-17(15)20;/h2,5-10H,3-4,11-12,19H2,1H3;1H. The van der Waals surface area contributed by atoms with E-state index in [2.05, 4.69) is 31.2 Å². The summed E-state index contributed by atoms with van der Waals surface area (Å²) in [5.41, 5.74) is 10.2. The molecule has 0 radical (unpaired) electrons. The van der Waals surface area contributed by atoms with Gasteiger partial charge in [-0.1, -0.05) is 23.8 Å². The van der Waals surface area contributed by atoms with E-state index in [4.69, 9.17) is 5.73 Å². The first-order valence-electron chi connectivity index (χ1n) is 7.52. The maximum absolute atomic E-state index is 12.6. The fourth-order valence-corrected chi connectivity index (χ4v) is 3.54. The minimum absolute atomic E-state index is 0. The van der Waals surface area contributed by atoms with Crippen LogP contribution in [0, 0.1) is 6.92 Å². The van der Waals surface area contributed by atoms with Gasteiger partial charge in [-0.2, -0.15) is 0 Å². The second-order valence-corrected chi connectivity index (χ2v) is 6.64. The third-order valence-electron chi connectivity index (χ3n) is 3.97. The number of thioether (sulfide) groups is 1. The first-order valence-corrected chi connectivity index (χ1v) is 8.51. The summed E-state index contributed by atoms with van der Waals surface area (Å²) >= 11 is 1.59. The molecule has 0 saturated carbocycles. The fourth-order valence-electron chi connectivity index (χ4n) is 2.77. The van der Waals surface area contributed by atoms with Gasteiger partial charge in [-0.25, -0.2) is 0 Å². The number of hydrogen-bond acceptors (Lipinski definition) is 3. The zero-order chi connectivity index (χ0) is 15.5. The molecule has 0 spiro atoms. The molecule has 1 amide bonds. The monoisotopic (exact) mass is 348 g/mol. The first-order chi connectivity index (χ1) is 10.6. The number of halogens is 1. The van der Waals surface area contributed by atoms with Gasteiger partial charge in [0.1, 0.15) is 0 Å². The number of nitrogens with two attached hydrogens (primary N) is 1. The molecule has 5 heteroatoms. The lowest BCUT2D eigenvalue weighted by molar-refractivity contribution is -0.116. The van der Waals surface area contributed by atoms with Crippen LogP contribution in [0.2, 0.25) is 0 Å². The number of benzene rings is 2. The van der Waals surface area contributed by atoms with Crippen molar-refractivity contribution in [1.29, 1.82) is 0 Å². The summed E-state index contributed by atoms with van der Waals surface area (Å²) in [5.74, 6) is 0.606. The highest BCUT2D eigenvalue weighted by Gasteiger charge is 2.23. The second-order valence-electron chi connectivity index (χ2n) is 5.60. The summed E-state index contributed by atoms with van der Waals surface area (Å²) in [5, 5.41) is 0. The summed E-state index contributed by atoms with van der Waals surface area (Å²) < 4.78 is 0. The van der Waals surface area contributed by atoms with Crippen molar-refractivity contribution in [2.75, 3.05) is 22.9 Å². The number of rotatable bonds is 3. The van der Waals surface area contributed by atoms with Crippen LogP contribution in [0.3, 0.4) is 0 Å². The number of amides is 1. The fraction of sp³-hybridized carbons (Fsp3) is 0.278. The van der Waals surface area contributed by atoms with Gasteiger partial charge < -0.3 is 10.6 Å². The quantitative estimate of drug-likeness (QED) is 0.671. The second kappa shape index (κ2) is 7.75. The zero-order valence-electron chi connectivity index (χ0n) is 13.1. The van der Waals surface area contributed by atoms with Crippen LogP contribution >= 0.6 is 24.2 Å². The lowest BCUT2D eigenvalue weighted by Gasteiger charge is -2.30. The Morgan fingerprint density at radius 3 is 2.70 bits per heavy atom. The van der Waals surface area contributed by atoms with Crippen LogP contribution in [0.1, 0.15) is 17.5 Å². The van der Waals surface area contributed by atoms with Gasteiger partial charge in [0.05, 0.1) is 5.75 Å². The number of anilines is 2. The van der Waals surface area contributed by atoms with Crippen molar-refractivity contribution in [1.82, 2.24) is 0 Å². The number of hydrogen-bond donors (Lipinski definition) is 1. The van der Waals surface area contributed by atoms with Crippen molar-refractivity contribution in [2.45, 2.75) is 24.7 Å². The molecule has 1 aliphatic heterocycles. The van der Waals surface area contributed by atoms with Gasteiger partial charge in [0.25, 0.3) is 0 Å². The molecule has 0 aromatic heterocycles. The molecule has 0 aliphatic carbocycles. The van der Waals surface area contributed by atoms with Crippen molar-refractivity contribution in [3.05, 3.63) is 53.6 Å². The molecule has 0 saturated heterocycles. The van der Waals surface area contributed by atoms with Crippen molar-refractivity contribution in [3.8, 4) is 0 Å². The van der Waals surface area contributed by atoms with Gasteiger partial charge >= 0.3 is 0 Å². The highest BCUT2D eigenvalue weighted by molar-refractivity contribution is 8.00. The Morgan fingerprint density at radius 1 is 1.22 bits per heavy atom.